The molecule has 2 heterocycles. The van der Waals surface area contributed by atoms with Crippen LogP contribution in [0.15, 0.2) is 53.3 Å². The maximum atomic E-state index is 12.6. The molecule has 1 fully saturated rings. The number of likely N-dealkylation sites (tertiary alicyclic amines) is 1. The van der Waals surface area contributed by atoms with E-state index in [2.05, 4.69) is 4.98 Å². The first-order valence-corrected chi connectivity index (χ1v) is 9.96. The van der Waals surface area contributed by atoms with E-state index in [1.807, 2.05) is 24.3 Å². The number of fused-ring (bicyclic) bond motifs is 1. The minimum atomic E-state index is -4.36. The van der Waals surface area contributed by atoms with Gasteiger partial charge in [0.15, 0.2) is 0 Å². The van der Waals surface area contributed by atoms with Crippen molar-refractivity contribution >= 4 is 16.9 Å². The highest BCUT2D eigenvalue weighted by atomic mass is 19.4. The van der Waals surface area contributed by atoms with Crippen LogP contribution in [0.2, 0.25) is 0 Å². The van der Waals surface area contributed by atoms with Crippen LogP contribution in [0.5, 0.6) is 0 Å². The number of rotatable bonds is 4. The van der Waals surface area contributed by atoms with Crippen molar-refractivity contribution in [3.05, 3.63) is 70.1 Å². The molecular weight excluding hydrogens is 395 g/mol. The van der Waals surface area contributed by atoms with E-state index in [0.717, 1.165) is 23.2 Å². The summed E-state index contributed by atoms with van der Waals surface area (Å²) in [5, 5.41) is 0. The third-order valence-corrected chi connectivity index (χ3v) is 5.72. The highest BCUT2D eigenvalue weighted by Gasteiger charge is 2.30. The number of halogens is 3. The summed E-state index contributed by atoms with van der Waals surface area (Å²) in [6, 6.07) is 12.5. The first-order chi connectivity index (χ1) is 14.3. The SMILES string of the molecule is O=C(CCc1ccc(C(F)(F)F)cc1)N1CCC(n2c(=O)[nH]c3ccccc32)CC1. The molecule has 158 valence electrons. The summed E-state index contributed by atoms with van der Waals surface area (Å²) >= 11 is 0. The Bertz CT molecular complexity index is 1090. The minimum absolute atomic E-state index is 0.0142. The molecule has 0 saturated carbocycles. The topological polar surface area (TPSA) is 58.1 Å². The Morgan fingerprint density at radius 1 is 1.03 bits per heavy atom. The van der Waals surface area contributed by atoms with Gasteiger partial charge < -0.3 is 9.88 Å². The molecule has 0 unspecified atom stereocenters. The van der Waals surface area contributed by atoms with Crippen molar-refractivity contribution in [3.8, 4) is 0 Å². The molecule has 0 radical (unpaired) electrons. The minimum Gasteiger partial charge on any atom is -0.343 e. The van der Waals surface area contributed by atoms with E-state index in [9.17, 15) is 22.8 Å². The third kappa shape index (κ3) is 4.13. The summed E-state index contributed by atoms with van der Waals surface area (Å²) in [6.45, 7) is 1.12. The lowest BCUT2D eigenvalue weighted by Crippen LogP contribution is -2.40. The molecule has 1 amide bonds. The highest BCUT2D eigenvalue weighted by molar-refractivity contribution is 5.77. The molecule has 1 saturated heterocycles. The van der Waals surface area contributed by atoms with Gasteiger partial charge in [0.2, 0.25) is 5.91 Å². The number of hydrogen-bond donors (Lipinski definition) is 1. The standard InChI is InChI=1S/C22H22F3N3O2/c23-22(24,25)16-8-5-15(6-9-16)7-10-20(29)27-13-11-17(12-14-27)28-19-4-2-1-3-18(19)26-21(28)30/h1-6,8-9,17H,7,10-14H2,(H,26,30). The van der Waals surface area contributed by atoms with Crippen LogP contribution in [0.4, 0.5) is 13.2 Å². The quantitative estimate of drug-likeness (QED) is 0.694. The summed E-state index contributed by atoms with van der Waals surface area (Å²) in [7, 11) is 0. The summed E-state index contributed by atoms with van der Waals surface area (Å²) in [5.74, 6) is -0.0142. The van der Waals surface area contributed by atoms with E-state index in [0.29, 0.717) is 37.9 Å². The van der Waals surface area contributed by atoms with Gasteiger partial charge in [-0.2, -0.15) is 13.2 Å². The van der Waals surface area contributed by atoms with Crippen LogP contribution in [-0.2, 0) is 17.4 Å². The molecular formula is C22H22F3N3O2. The molecule has 3 aromatic rings. The van der Waals surface area contributed by atoms with Crippen molar-refractivity contribution in [3.63, 3.8) is 0 Å². The van der Waals surface area contributed by atoms with Crippen molar-refractivity contribution in [1.82, 2.24) is 14.5 Å². The molecule has 0 spiro atoms. The number of carbonyl (C=O) groups is 1. The molecule has 0 atom stereocenters. The van der Waals surface area contributed by atoms with E-state index in [1.165, 1.54) is 12.1 Å². The highest BCUT2D eigenvalue weighted by Crippen LogP contribution is 2.29. The normalized spacial score (nSPS) is 15.6. The Kier molecular flexibility index (Phi) is 5.40. The number of alkyl halides is 3. The van der Waals surface area contributed by atoms with Gasteiger partial charge in [-0.1, -0.05) is 24.3 Å². The number of H-pyrrole nitrogens is 1. The molecule has 1 N–H and O–H groups in total. The number of piperidine rings is 1. The van der Waals surface area contributed by atoms with Crippen LogP contribution in [0.25, 0.3) is 11.0 Å². The lowest BCUT2D eigenvalue weighted by molar-refractivity contribution is -0.137. The van der Waals surface area contributed by atoms with Crippen LogP contribution in [-0.4, -0.2) is 33.4 Å². The smallest absolute Gasteiger partial charge is 0.343 e. The van der Waals surface area contributed by atoms with Gasteiger partial charge in [0.25, 0.3) is 0 Å². The zero-order valence-corrected chi connectivity index (χ0v) is 16.3. The number of carbonyl (C=O) groups excluding carboxylic acids is 1. The van der Waals surface area contributed by atoms with Gasteiger partial charge in [0.05, 0.1) is 16.6 Å². The van der Waals surface area contributed by atoms with E-state index >= 15 is 0 Å². The molecule has 1 aliphatic heterocycles. The fourth-order valence-electron chi connectivity index (χ4n) is 4.08. The van der Waals surface area contributed by atoms with E-state index in [-0.39, 0.29) is 24.1 Å². The average molecular weight is 417 g/mol. The largest absolute Gasteiger partial charge is 0.416 e. The number of para-hydroxylation sites is 2. The molecule has 4 rings (SSSR count). The van der Waals surface area contributed by atoms with Crippen LogP contribution in [0.1, 0.15) is 36.4 Å². The van der Waals surface area contributed by atoms with Crippen molar-refractivity contribution in [2.45, 2.75) is 37.9 Å². The second-order valence-corrected chi connectivity index (χ2v) is 7.62. The number of aromatic nitrogens is 2. The molecule has 1 aliphatic rings. The van der Waals surface area contributed by atoms with E-state index < -0.39 is 11.7 Å². The second-order valence-electron chi connectivity index (χ2n) is 7.62. The van der Waals surface area contributed by atoms with Crippen molar-refractivity contribution in [1.29, 1.82) is 0 Å². The Morgan fingerprint density at radius 3 is 2.37 bits per heavy atom. The lowest BCUT2D eigenvalue weighted by atomic mass is 10.0. The van der Waals surface area contributed by atoms with Gasteiger partial charge in [0, 0.05) is 25.6 Å². The maximum Gasteiger partial charge on any atom is 0.416 e. The fourth-order valence-corrected chi connectivity index (χ4v) is 4.08. The van der Waals surface area contributed by atoms with E-state index in [4.69, 9.17) is 0 Å². The zero-order chi connectivity index (χ0) is 21.3. The number of aryl methyl sites for hydroxylation is 1. The number of nitrogens with zero attached hydrogens (tertiary/aromatic N) is 2. The fraction of sp³-hybridized carbons (Fsp3) is 0.364. The molecule has 1 aromatic heterocycles. The number of imidazole rings is 1. The first kappa shape index (κ1) is 20.3. The molecule has 8 heteroatoms. The number of aromatic amines is 1. The molecule has 2 aromatic carbocycles. The number of amides is 1. The van der Waals surface area contributed by atoms with Gasteiger partial charge in [-0.25, -0.2) is 4.79 Å². The van der Waals surface area contributed by atoms with Gasteiger partial charge in [0.1, 0.15) is 0 Å². The summed E-state index contributed by atoms with van der Waals surface area (Å²) in [6.07, 6.45) is -2.32. The predicted molar refractivity (Wildman–Crippen MR) is 107 cm³/mol. The van der Waals surface area contributed by atoms with Gasteiger partial charge in [-0.05, 0) is 49.1 Å². The number of hydrogen-bond acceptors (Lipinski definition) is 2. The molecule has 0 bridgehead atoms. The summed E-state index contributed by atoms with van der Waals surface area (Å²) in [5.41, 5.74) is 1.55. The third-order valence-electron chi connectivity index (χ3n) is 5.72. The molecule has 5 nitrogen and oxygen atoms in total. The zero-order valence-electron chi connectivity index (χ0n) is 16.3. The molecule has 30 heavy (non-hydrogen) atoms. The predicted octanol–water partition coefficient (Wildman–Crippen LogP) is 4.14. The number of nitrogens with one attached hydrogen (secondary N) is 1. The Labute approximate surface area is 171 Å². The van der Waals surface area contributed by atoms with E-state index in [1.54, 1.807) is 9.47 Å². The Hall–Kier alpha value is -3.03. The first-order valence-electron chi connectivity index (χ1n) is 9.96. The van der Waals surface area contributed by atoms with Gasteiger partial charge in [-0.15, -0.1) is 0 Å². The Morgan fingerprint density at radius 2 is 1.70 bits per heavy atom. The Balaban J connectivity index is 1.33. The summed E-state index contributed by atoms with van der Waals surface area (Å²) in [4.78, 5) is 29.5. The van der Waals surface area contributed by atoms with Gasteiger partial charge >= 0.3 is 11.9 Å². The number of benzene rings is 2. The van der Waals surface area contributed by atoms with Crippen LogP contribution in [0, 0.1) is 0 Å². The van der Waals surface area contributed by atoms with Crippen molar-refractivity contribution in [2.75, 3.05) is 13.1 Å². The van der Waals surface area contributed by atoms with Gasteiger partial charge in [-0.3, -0.25) is 9.36 Å². The second kappa shape index (κ2) is 8.01. The monoisotopic (exact) mass is 417 g/mol. The average Bonchev–Trinajstić information content (AvgIpc) is 3.07. The van der Waals surface area contributed by atoms with Crippen LogP contribution in [0.3, 0.4) is 0 Å². The maximum absolute atomic E-state index is 12.6. The lowest BCUT2D eigenvalue weighted by Gasteiger charge is -2.32. The van der Waals surface area contributed by atoms with Crippen LogP contribution >= 0.6 is 0 Å². The summed E-state index contributed by atoms with van der Waals surface area (Å²) < 4.78 is 39.7. The van der Waals surface area contributed by atoms with Crippen LogP contribution < -0.4 is 5.69 Å². The van der Waals surface area contributed by atoms with Crippen molar-refractivity contribution < 1.29 is 18.0 Å². The molecule has 0 aliphatic carbocycles. The van der Waals surface area contributed by atoms with Crippen molar-refractivity contribution in [2.24, 2.45) is 0 Å².